The summed E-state index contributed by atoms with van der Waals surface area (Å²) in [6, 6.07) is 16.4. The van der Waals surface area contributed by atoms with Crippen LogP contribution in [0.15, 0.2) is 60.9 Å². The fraction of sp³-hybridized carbons (Fsp3) is 0.111. The van der Waals surface area contributed by atoms with Crippen LogP contribution in [-0.2, 0) is 14.1 Å². The first-order valence-corrected chi connectivity index (χ1v) is 7.58. The lowest BCUT2D eigenvalue weighted by Gasteiger charge is -2.05. The highest BCUT2D eigenvalue weighted by atomic mass is 16.6. The zero-order chi connectivity index (χ0) is 15.8. The van der Waals surface area contributed by atoms with Gasteiger partial charge in [0.1, 0.15) is 11.5 Å². The van der Waals surface area contributed by atoms with Crippen molar-refractivity contribution in [2.24, 2.45) is 14.1 Å². The lowest BCUT2D eigenvalue weighted by Crippen LogP contribution is -2.10. The zero-order valence-corrected chi connectivity index (χ0v) is 13.2. The minimum absolute atomic E-state index is 0.183. The number of rotatable bonds is 4. The molecule has 0 spiro atoms. The molecule has 23 heavy (non-hydrogen) atoms. The minimum atomic E-state index is 0.183. The first kappa shape index (κ1) is 13.8. The average molecular weight is 304 g/mol. The maximum Gasteiger partial charge on any atom is 0.576 e. The number of fused-ring (bicyclic) bond motifs is 2. The number of aromatic nitrogens is 2. The first-order chi connectivity index (χ1) is 11.2. The molecule has 0 unspecified atom stereocenters. The van der Waals surface area contributed by atoms with Crippen molar-refractivity contribution in [3.8, 4) is 11.5 Å². The molecule has 0 aliphatic rings. The summed E-state index contributed by atoms with van der Waals surface area (Å²) in [4.78, 5) is 0. The molecule has 2 aromatic heterocycles. The van der Waals surface area contributed by atoms with Gasteiger partial charge in [0.25, 0.3) is 0 Å². The van der Waals surface area contributed by atoms with E-state index in [1.165, 1.54) is 0 Å². The first-order valence-electron chi connectivity index (χ1n) is 7.58. The molecule has 0 radical (unpaired) electrons. The Morgan fingerprint density at radius 3 is 1.61 bits per heavy atom. The van der Waals surface area contributed by atoms with Gasteiger partial charge in [-0.05, 0) is 24.3 Å². The lowest BCUT2D eigenvalue weighted by atomic mass is 10.2. The minimum Gasteiger partial charge on any atom is -0.527 e. The Balaban J connectivity index is 1.55. The fourth-order valence-electron chi connectivity index (χ4n) is 3.00. The van der Waals surface area contributed by atoms with Crippen LogP contribution in [0, 0.1) is 0 Å². The SMILES string of the molecule is Cn1cc(OBOc2cn(C)c3ccccc23)c2ccccc21. The van der Waals surface area contributed by atoms with Gasteiger partial charge in [0.2, 0.25) is 0 Å². The van der Waals surface area contributed by atoms with Gasteiger partial charge in [-0.1, -0.05) is 24.3 Å². The van der Waals surface area contributed by atoms with Gasteiger partial charge >= 0.3 is 7.69 Å². The van der Waals surface area contributed by atoms with Crippen LogP contribution in [0.4, 0.5) is 0 Å². The molecule has 2 heterocycles. The third kappa shape index (κ3) is 2.34. The number of para-hydroxylation sites is 2. The summed E-state index contributed by atoms with van der Waals surface area (Å²) in [5, 5.41) is 2.19. The lowest BCUT2D eigenvalue weighted by molar-refractivity contribution is 0.463. The van der Waals surface area contributed by atoms with E-state index in [9.17, 15) is 0 Å². The monoisotopic (exact) mass is 304 g/mol. The molecule has 0 saturated heterocycles. The van der Waals surface area contributed by atoms with Crippen LogP contribution in [0.5, 0.6) is 11.5 Å². The fourth-order valence-corrected chi connectivity index (χ4v) is 3.00. The van der Waals surface area contributed by atoms with Gasteiger partial charge in [-0.3, -0.25) is 0 Å². The Kier molecular flexibility index (Phi) is 3.26. The number of aryl methyl sites for hydroxylation is 2. The Morgan fingerprint density at radius 2 is 1.13 bits per heavy atom. The van der Waals surface area contributed by atoms with Crippen molar-refractivity contribution >= 4 is 29.5 Å². The number of nitrogens with zero attached hydrogens (tertiary/aromatic N) is 2. The molecular formula is C18H17BN2O2. The molecule has 0 saturated carbocycles. The standard InChI is InChI=1S/C18H17BN2O2/c1-20-11-17(13-7-3-5-9-15(13)20)22-19-23-18-12-21(2)16-10-6-4-8-14(16)18/h3-12,19H,1-2H3. The van der Waals surface area contributed by atoms with E-state index in [0.717, 1.165) is 33.3 Å². The van der Waals surface area contributed by atoms with Crippen LogP contribution in [0.1, 0.15) is 0 Å². The molecule has 0 atom stereocenters. The van der Waals surface area contributed by atoms with E-state index in [1.54, 1.807) is 0 Å². The van der Waals surface area contributed by atoms with Crippen molar-refractivity contribution in [1.82, 2.24) is 9.13 Å². The van der Waals surface area contributed by atoms with Gasteiger partial charge in [-0.2, -0.15) is 0 Å². The van der Waals surface area contributed by atoms with Crippen LogP contribution >= 0.6 is 0 Å². The summed E-state index contributed by atoms with van der Waals surface area (Å²) in [7, 11) is 4.21. The Labute approximate surface area is 135 Å². The Morgan fingerprint density at radius 1 is 0.696 bits per heavy atom. The van der Waals surface area contributed by atoms with E-state index in [4.69, 9.17) is 9.31 Å². The van der Waals surface area contributed by atoms with Crippen LogP contribution < -0.4 is 9.31 Å². The third-order valence-corrected chi connectivity index (χ3v) is 4.15. The van der Waals surface area contributed by atoms with Crippen molar-refractivity contribution in [3.05, 3.63) is 60.9 Å². The summed E-state index contributed by atoms with van der Waals surface area (Å²) in [5.74, 6) is 1.67. The molecule has 4 aromatic rings. The third-order valence-electron chi connectivity index (χ3n) is 4.15. The van der Waals surface area contributed by atoms with E-state index in [1.807, 2.05) is 50.8 Å². The van der Waals surface area contributed by atoms with Crippen LogP contribution in [-0.4, -0.2) is 16.8 Å². The van der Waals surface area contributed by atoms with E-state index in [2.05, 4.69) is 33.4 Å². The topological polar surface area (TPSA) is 28.3 Å². The maximum atomic E-state index is 5.85. The normalized spacial score (nSPS) is 11.0. The molecule has 4 nitrogen and oxygen atoms in total. The number of benzene rings is 2. The van der Waals surface area contributed by atoms with Crippen molar-refractivity contribution < 1.29 is 9.31 Å². The van der Waals surface area contributed by atoms with E-state index in [-0.39, 0.29) is 7.69 Å². The second kappa shape index (κ2) is 5.43. The quantitative estimate of drug-likeness (QED) is 0.541. The predicted octanol–water partition coefficient (Wildman–Crippen LogP) is 3.39. The van der Waals surface area contributed by atoms with Gasteiger partial charge in [0.15, 0.2) is 0 Å². The molecule has 114 valence electrons. The Bertz CT molecular complexity index is 907. The summed E-state index contributed by atoms with van der Waals surface area (Å²) in [6.45, 7) is 0. The molecule has 5 heteroatoms. The predicted molar refractivity (Wildman–Crippen MR) is 94.2 cm³/mol. The molecule has 0 N–H and O–H groups in total. The second-order valence-corrected chi connectivity index (χ2v) is 5.65. The van der Waals surface area contributed by atoms with Gasteiger partial charge in [0.05, 0.1) is 11.0 Å². The highest BCUT2D eigenvalue weighted by molar-refractivity contribution is 6.22. The van der Waals surface area contributed by atoms with Crippen molar-refractivity contribution in [2.45, 2.75) is 0 Å². The highest BCUT2D eigenvalue weighted by Gasteiger charge is 2.11. The molecule has 0 fully saturated rings. The van der Waals surface area contributed by atoms with E-state index >= 15 is 0 Å². The largest absolute Gasteiger partial charge is 0.576 e. The van der Waals surface area contributed by atoms with Crippen LogP contribution in [0.25, 0.3) is 21.8 Å². The number of hydrogen-bond acceptors (Lipinski definition) is 2. The summed E-state index contributed by atoms with van der Waals surface area (Å²) >= 11 is 0. The van der Waals surface area contributed by atoms with Crippen LogP contribution in [0.2, 0.25) is 0 Å². The molecule has 2 aromatic carbocycles. The molecule has 4 rings (SSSR count). The van der Waals surface area contributed by atoms with Gasteiger partial charge < -0.3 is 18.4 Å². The van der Waals surface area contributed by atoms with Gasteiger partial charge in [0, 0.05) is 37.3 Å². The second-order valence-electron chi connectivity index (χ2n) is 5.65. The van der Waals surface area contributed by atoms with Gasteiger partial charge in [-0.25, -0.2) is 0 Å². The molecular weight excluding hydrogens is 287 g/mol. The van der Waals surface area contributed by atoms with E-state index in [0.29, 0.717) is 0 Å². The average Bonchev–Trinajstić information content (AvgIpc) is 3.07. The summed E-state index contributed by atoms with van der Waals surface area (Å²) in [6.07, 6.45) is 3.97. The highest BCUT2D eigenvalue weighted by Crippen LogP contribution is 2.29. The smallest absolute Gasteiger partial charge is 0.527 e. The Hall–Kier alpha value is -2.82. The molecule has 0 bridgehead atoms. The molecule has 0 amide bonds. The van der Waals surface area contributed by atoms with Crippen molar-refractivity contribution in [1.29, 1.82) is 0 Å². The summed E-state index contributed by atoms with van der Waals surface area (Å²) in [5.41, 5.74) is 2.29. The van der Waals surface area contributed by atoms with Crippen molar-refractivity contribution in [2.75, 3.05) is 0 Å². The van der Waals surface area contributed by atoms with E-state index < -0.39 is 0 Å². The molecule has 0 aliphatic carbocycles. The summed E-state index contributed by atoms with van der Waals surface area (Å²) < 4.78 is 15.8. The maximum absolute atomic E-state index is 5.85. The van der Waals surface area contributed by atoms with Crippen LogP contribution in [0.3, 0.4) is 0 Å². The van der Waals surface area contributed by atoms with Gasteiger partial charge in [-0.15, -0.1) is 0 Å². The zero-order valence-electron chi connectivity index (χ0n) is 13.2. The van der Waals surface area contributed by atoms with Crippen molar-refractivity contribution in [3.63, 3.8) is 0 Å². The molecule has 0 aliphatic heterocycles. The number of hydrogen-bond donors (Lipinski definition) is 0.